The molecular formula is C16H23NS. The van der Waals surface area contributed by atoms with Gasteiger partial charge in [-0.1, -0.05) is 45.9 Å². The molecule has 0 amide bonds. The van der Waals surface area contributed by atoms with Crippen molar-refractivity contribution in [1.29, 1.82) is 0 Å². The zero-order valence-electron chi connectivity index (χ0n) is 12.0. The largest absolute Gasteiger partial charge is 0.337 e. The van der Waals surface area contributed by atoms with Crippen molar-refractivity contribution in [2.75, 3.05) is 10.8 Å². The summed E-state index contributed by atoms with van der Waals surface area (Å²) in [5.74, 6) is 2.19. The van der Waals surface area contributed by atoms with E-state index in [1.165, 1.54) is 21.7 Å². The van der Waals surface area contributed by atoms with E-state index >= 15 is 0 Å². The van der Waals surface area contributed by atoms with Crippen LogP contribution in [0, 0.1) is 0 Å². The smallest absolute Gasteiger partial charge is 0.0726 e. The second kappa shape index (κ2) is 5.40. The summed E-state index contributed by atoms with van der Waals surface area (Å²) in [6, 6.07) is 6.75. The molecule has 2 heteroatoms. The van der Waals surface area contributed by atoms with E-state index in [-0.39, 0.29) is 0 Å². The van der Waals surface area contributed by atoms with Crippen molar-refractivity contribution in [1.82, 2.24) is 0 Å². The normalized spacial score (nSPS) is 15.7. The minimum atomic E-state index is 0.568. The lowest BCUT2D eigenvalue weighted by Gasteiger charge is -2.26. The van der Waals surface area contributed by atoms with Gasteiger partial charge in [0.1, 0.15) is 0 Å². The molecule has 1 nitrogen and oxygen atoms in total. The highest BCUT2D eigenvalue weighted by Crippen LogP contribution is 2.39. The minimum absolute atomic E-state index is 0.568. The van der Waals surface area contributed by atoms with Crippen molar-refractivity contribution in [3.05, 3.63) is 40.4 Å². The van der Waals surface area contributed by atoms with Crippen LogP contribution in [0.4, 0.5) is 5.69 Å². The van der Waals surface area contributed by atoms with E-state index in [0.29, 0.717) is 11.8 Å². The first kappa shape index (κ1) is 13.5. The summed E-state index contributed by atoms with van der Waals surface area (Å²) < 4.78 is 0. The van der Waals surface area contributed by atoms with Crippen LogP contribution in [-0.2, 0) is 0 Å². The van der Waals surface area contributed by atoms with Crippen LogP contribution in [0.3, 0.4) is 0 Å². The van der Waals surface area contributed by atoms with Gasteiger partial charge in [-0.3, -0.25) is 0 Å². The van der Waals surface area contributed by atoms with Crippen molar-refractivity contribution >= 4 is 17.4 Å². The first-order valence-electron chi connectivity index (χ1n) is 6.71. The van der Waals surface area contributed by atoms with Gasteiger partial charge in [-0.2, -0.15) is 0 Å². The summed E-state index contributed by atoms with van der Waals surface area (Å²) in [6.45, 7) is 11.3. The maximum atomic E-state index is 2.42. The second-order valence-electron chi connectivity index (χ2n) is 5.58. The fourth-order valence-electron chi connectivity index (χ4n) is 2.44. The Balaban J connectivity index is 2.54. The van der Waals surface area contributed by atoms with Gasteiger partial charge in [0.05, 0.1) is 5.88 Å². The molecule has 1 heterocycles. The highest BCUT2D eigenvalue weighted by Gasteiger charge is 2.21. The van der Waals surface area contributed by atoms with Gasteiger partial charge in [-0.15, -0.1) is 11.8 Å². The van der Waals surface area contributed by atoms with Crippen LogP contribution in [0.2, 0.25) is 0 Å². The van der Waals surface area contributed by atoms with E-state index in [4.69, 9.17) is 0 Å². The van der Waals surface area contributed by atoms with Gasteiger partial charge in [0.25, 0.3) is 0 Å². The third-order valence-corrected chi connectivity index (χ3v) is 4.37. The number of anilines is 1. The number of allylic oxidation sites excluding steroid dienone is 1. The van der Waals surface area contributed by atoms with Crippen LogP contribution >= 0.6 is 11.8 Å². The molecule has 0 spiro atoms. The molecule has 0 radical (unpaired) electrons. The summed E-state index contributed by atoms with van der Waals surface area (Å²) in [7, 11) is 0. The fourth-order valence-corrected chi connectivity index (χ4v) is 3.19. The SMILES string of the molecule is CC1=CN(c2c(C(C)C)cccc2C(C)C)CS1. The van der Waals surface area contributed by atoms with Crippen LogP contribution in [0.5, 0.6) is 0 Å². The average molecular weight is 261 g/mol. The van der Waals surface area contributed by atoms with Crippen molar-refractivity contribution in [3.63, 3.8) is 0 Å². The predicted molar refractivity (Wildman–Crippen MR) is 83.3 cm³/mol. The monoisotopic (exact) mass is 261 g/mol. The Morgan fingerprint density at radius 3 is 2.00 bits per heavy atom. The van der Waals surface area contributed by atoms with Crippen LogP contribution in [0.1, 0.15) is 57.6 Å². The Bertz CT molecular complexity index is 434. The van der Waals surface area contributed by atoms with Gasteiger partial charge in [0.15, 0.2) is 0 Å². The van der Waals surface area contributed by atoms with Crippen molar-refractivity contribution < 1.29 is 0 Å². The van der Waals surface area contributed by atoms with Crippen LogP contribution in [0.25, 0.3) is 0 Å². The highest BCUT2D eigenvalue weighted by molar-refractivity contribution is 8.03. The van der Waals surface area contributed by atoms with Gasteiger partial charge in [0.2, 0.25) is 0 Å². The quantitative estimate of drug-likeness (QED) is 0.726. The topological polar surface area (TPSA) is 3.24 Å². The molecular weight excluding hydrogens is 238 g/mol. The standard InChI is InChI=1S/C16H23NS/c1-11(2)14-7-6-8-15(12(3)4)16(14)17-9-13(5)18-10-17/h6-9,11-12H,10H2,1-5H3. The predicted octanol–water partition coefficient (Wildman–Crippen LogP) is 5.31. The summed E-state index contributed by atoms with van der Waals surface area (Å²) >= 11 is 1.93. The molecule has 0 fully saturated rings. The van der Waals surface area contributed by atoms with Crippen LogP contribution in [0.15, 0.2) is 29.3 Å². The number of hydrogen-bond donors (Lipinski definition) is 0. The molecule has 98 valence electrons. The summed E-state index contributed by atoms with van der Waals surface area (Å²) in [6.07, 6.45) is 2.29. The van der Waals surface area contributed by atoms with Gasteiger partial charge < -0.3 is 4.90 Å². The number of para-hydroxylation sites is 1. The highest BCUT2D eigenvalue weighted by atomic mass is 32.2. The second-order valence-corrected chi connectivity index (χ2v) is 6.77. The van der Waals surface area contributed by atoms with Crippen molar-refractivity contribution in [3.8, 4) is 0 Å². The Morgan fingerprint density at radius 1 is 1.06 bits per heavy atom. The van der Waals surface area contributed by atoms with Crippen molar-refractivity contribution in [2.45, 2.75) is 46.5 Å². The Morgan fingerprint density at radius 2 is 1.61 bits per heavy atom. The number of nitrogens with zero attached hydrogens (tertiary/aromatic N) is 1. The molecule has 0 aromatic heterocycles. The third kappa shape index (κ3) is 2.59. The molecule has 0 unspecified atom stereocenters. The van der Waals surface area contributed by atoms with Gasteiger partial charge in [-0.05, 0) is 34.8 Å². The maximum absolute atomic E-state index is 2.42. The first-order valence-corrected chi connectivity index (χ1v) is 7.70. The molecule has 0 saturated carbocycles. The first-order chi connectivity index (χ1) is 8.50. The molecule has 0 N–H and O–H groups in total. The van der Waals surface area contributed by atoms with E-state index in [9.17, 15) is 0 Å². The van der Waals surface area contributed by atoms with E-state index in [2.05, 4.69) is 63.9 Å². The summed E-state index contributed by atoms with van der Waals surface area (Å²) in [5, 5.41) is 0. The number of thioether (sulfide) groups is 1. The molecule has 0 bridgehead atoms. The Labute approximate surface area is 115 Å². The molecule has 2 rings (SSSR count). The fraction of sp³-hybridized carbons (Fsp3) is 0.500. The zero-order valence-corrected chi connectivity index (χ0v) is 12.8. The Hall–Kier alpha value is -0.890. The molecule has 0 saturated heterocycles. The summed E-state index contributed by atoms with van der Waals surface area (Å²) in [5.41, 5.74) is 4.37. The zero-order chi connectivity index (χ0) is 13.3. The molecule has 1 aromatic rings. The minimum Gasteiger partial charge on any atom is -0.337 e. The lowest BCUT2D eigenvalue weighted by atomic mass is 9.92. The molecule has 0 aliphatic carbocycles. The van der Waals surface area contributed by atoms with Gasteiger partial charge in [0, 0.05) is 11.9 Å². The Kier molecular flexibility index (Phi) is 4.06. The average Bonchev–Trinajstić information content (AvgIpc) is 2.74. The number of rotatable bonds is 3. The van der Waals surface area contributed by atoms with Gasteiger partial charge >= 0.3 is 0 Å². The van der Waals surface area contributed by atoms with E-state index in [1.54, 1.807) is 0 Å². The third-order valence-electron chi connectivity index (χ3n) is 3.40. The molecule has 0 atom stereocenters. The lowest BCUT2D eigenvalue weighted by Crippen LogP contribution is -2.16. The van der Waals surface area contributed by atoms with Crippen molar-refractivity contribution in [2.24, 2.45) is 0 Å². The summed E-state index contributed by atoms with van der Waals surface area (Å²) in [4.78, 5) is 3.83. The molecule has 1 aliphatic rings. The van der Waals surface area contributed by atoms with Gasteiger partial charge in [-0.25, -0.2) is 0 Å². The number of hydrogen-bond acceptors (Lipinski definition) is 2. The van der Waals surface area contributed by atoms with E-state index in [0.717, 1.165) is 5.88 Å². The van der Waals surface area contributed by atoms with Crippen LogP contribution < -0.4 is 4.90 Å². The molecule has 1 aromatic carbocycles. The van der Waals surface area contributed by atoms with E-state index in [1.807, 2.05) is 11.8 Å². The lowest BCUT2D eigenvalue weighted by molar-refractivity contribution is 0.826. The molecule has 18 heavy (non-hydrogen) atoms. The van der Waals surface area contributed by atoms with E-state index < -0.39 is 0 Å². The number of benzene rings is 1. The molecule has 1 aliphatic heterocycles. The van der Waals surface area contributed by atoms with Crippen LogP contribution in [-0.4, -0.2) is 5.88 Å². The maximum Gasteiger partial charge on any atom is 0.0726 e.